The minimum absolute atomic E-state index is 0.00143. The molecule has 0 spiro atoms. The van der Waals surface area contributed by atoms with Crippen LogP contribution in [0.1, 0.15) is 0 Å². The first-order valence-electron chi connectivity index (χ1n) is 4.56. The lowest BCUT2D eigenvalue weighted by Gasteiger charge is -2.11. The first kappa shape index (κ1) is 13.6. The number of nitrogens with zero attached hydrogens (tertiary/aromatic N) is 1. The maximum absolute atomic E-state index is 11.3. The van der Waals surface area contributed by atoms with Crippen molar-refractivity contribution in [2.24, 2.45) is 5.73 Å². The molecule has 8 nitrogen and oxygen atoms in total. The number of rotatable bonds is 6. The Bertz CT molecular complexity index is 434. The molecule has 17 heavy (non-hydrogen) atoms. The predicted molar refractivity (Wildman–Crippen MR) is 58.6 cm³/mol. The Labute approximate surface area is 96.7 Å². The van der Waals surface area contributed by atoms with E-state index in [2.05, 4.69) is 9.05 Å². The van der Waals surface area contributed by atoms with Crippen molar-refractivity contribution < 1.29 is 23.4 Å². The Morgan fingerprint density at radius 3 is 2.47 bits per heavy atom. The van der Waals surface area contributed by atoms with Crippen LogP contribution in [0.25, 0.3) is 0 Å². The summed E-state index contributed by atoms with van der Waals surface area (Å²) in [5, 5.41) is 10.4. The van der Waals surface area contributed by atoms with Crippen LogP contribution in [-0.4, -0.2) is 23.0 Å². The van der Waals surface area contributed by atoms with Gasteiger partial charge in [-0.25, -0.2) is 4.57 Å². The van der Waals surface area contributed by atoms with Gasteiger partial charge in [-0.3, -0.25) is 19.5 Å². The van der Waals surface area contributed by atoms with Crippen LogP contribution in [0.2, 0.25) is 0 Å². The molecule has 1 atom stereocenters. The number of benzene rings is 1. The van der Waals surface area contributed by atoms with Gasteiger partial charge < -0.3 is 10.3 Å². The van der Waals surface area contributed by atoms with E-state index < -0.39 is 12.7 Å². The van der Waals surface area contributed by atoms with Crippen LogP contribution in [0.4, 0.5) is 5.69 Å². The lowest BCUT2D eigenvalue weighted by Crippen LogP contribution is -2.08. The molecule has 0 aliphatic heterocycles. The quantitative estimate of drug-likeness (QED) is 0.445. The van der Waals surface area contributed by atoms with E-state index in [9.17, 15) is 19.6 Å². The highest BCUT2D eigenvalue weighted by Gasteiger charge is 2.22. The monoisotopic (exact) mass is 262 g/mol. The van der Waals surface area contributed by atoms with Crippen LogP contribution in [0, 0.1) is 10.1 Å². The van der Waals surface area contributed by atoms with Gasteiger partial charge in [0.2, 0.25) is 0 Å². The highest BCUT2D eigenvalue weighted by molar-refractivity contribution is 7.47. The summed E-state index contributed by atoms with van der Waals surface area (Å²) >= 11 is 0. The molecule has 0 fully saturated rings. The minimum Gasteiger partial charge on any atom is -0.404 e. The number of non-ortho nitro benzene ring substituents is 1. The zero-order valence-electron chi connectivity index (χ0n) is 8.68. The maximum Gasteiger partial charge on any atom is 0.527 e. The minimum atomic E-state index is -4.22. The molecule has 94 valence electrons. The molecule has 1 aromatic carbocycles. The number of phosphoric ester groups is 1. The Morgan fingerprint density at radius 2 is 2.00 bits per heavy atom. The van der Waals surface area contributed by atoms with E-state index in [-0.39, 0.29) is 24.6 Å². The zero-order valence-corrected chi connectivity index (χ0v) is 9.58. The van der Waals surface area contributed by atoms with Gasteiger partial charge in [-0.15, -0.1) is 0 Å². The molecule has 0 aliphatic rings. The third-order valence-electron chi connectivity index (χ3n) is 1.64. The second-order valence-corrected chi connectivity index (χ2v) is 4.31. The first-order chi connectivity index (χ1) is 7.94. The fourth-order valence-electron chi connectivity index (χ4n) is 0.956. The number of nitro benzene ring substituents is 1. The van der Waals surface area contributed by atoms with Crippen molar-refractivity contribution >= 4 is 13.5 Å². The Hall–Kier alpha value is -1.47. The van der Waals surface area contributed by atoms with E-state index in [1.807, 2.05) is 0 Å². The molecular formula is C8H11N2O6P. The van der Waals surface area contributed by atoms with Crippen LogP contribution in [0.3, 0.4) is 0 Å². The van der Waals surface area contributed by atoms with E-state index in [1.54, 1.807) is 0 Å². The topological polar surface area (TPSA) is 125 Å². The summed E-state index contributed by atoms with van der Waals surface area (Å²) in [6.45, 7) is -0.0467. The fourth-order valence-corrected chi connectivity index (χ4v) is 1.73. The van der Waals surface area contributed by atoms with Crippen molar-refractivity contribution in [1.82, 2.24) is 0 Å². The normalized spacial score (nSPS) is 14.0. The molecule has 3 N–H and O–H groups in total. The zero-order chi connectivity index (χ0) is 12.9. The molecule has 1 rings (SSSR count). The third kappa shape index (κ3) is 4.49. The standard InChI is InChI=1S/C8H11N2O6P/c9-5-6-15-17(13,14)16-8-3-1-7(2-4-8)10(11)12/h1-4H,5-6,9H2,(H,13,14). The number of hydrogen-bond acceptors (Lipinski definition) is 6. The number of phosphoric acid groups is 1. The maximum atomic E-state index is 11.3. The average Bonchev–Trinajstić information content (AvgIpc) is 2.26. The smallest absolute Gasteiger partial charge is 0.404 e. The Morgan fingerprint density at radius 1 is 1.41 bits per heavy atom. The van der Waals surface area contributed by atoms with Crippen LogP contribution in [0.5, 0.6) is 5.75 Å². The molecule has 0 aromatic heterocycles. The summed E-state index contributed by atoms with van der Waals surface area (Å²) in [5.74, 6) is -0.00143. The van der Waals surface area contributed by atoms with Gasteiger partial charge in [0.25, 0.3) is 5.69 Å². The second kappa shape index (κ2) is 5.74. The highest BCUT2D eigenvalue weighted by Crippen LogP contribution is 2.43. The van der Waals surface area contributed by atoms with E-state index >= 15 is 0 Å². The van der Waals surface area contributed by atoms with Crippen molar-refractivity contribution in [3.63, 3.8) is 0 Å². The van der Waals surface area contributed by atoms with Crippen molar-refractivity contribution in [3.05, 3.63) is 34.4 Å². The molecule has 9 heteroatoms. The molecule has 0 radical (unpaired) electrons. The summed E-state index contributed by atoms with van der Waals surface area (Å²) < 4.78 is 20.4. The van der Waals surface area contributed by atoms with Gasteiger partial charge in [0, 0.05) is 18.7 Å². The molecule has 1 unspecified atom stereocenters. The fraction of sp³-hybridized carbons (Fsp3) is 0.250. The van der Waals surface area contributed by atoms with Crippen LogP contribution < -0.4 is 10.3 Å². The van der Waals surface area contributed by atoms with Crippen LogP contribution in [0.15, 0.2) is 24.3 Å². The van der Waals surface area contributed by atoms with Gasteiger partial charge in [-0.05, 0) is 12.1 Å². The molecular weight excluding hydrogens is 251 g/mol. The van der Waals surface area contributed by atoms with Gasteiger partial charge in [0.1, 0.15) is 5.75 Å². The van der Waals surface area contributed by atoms with Crippen molar-refractivity contribution in [1.29, 1.82) is 0 Å². The van der Waals surface area contributed by atoms with E-state index in [0.29, 0.717) is 0 Å². The van der Waals surface area contributed by atoms with Crippen molar-refractivity contribution in [2.45, 2.75) is 0 Å². The molecule has 0 amide bonds. The molecule has 0 bridgehead atoms. The van der Waals surface area contributed by atoms with Crippen molar-refractivity contribution in [2.75, 3.05) is 13.2 Å². The molecule has 0 saturated carbocycles. The third-order valence-corrected chi connectivity index (χ3v) is 2.59. The summed E-state index contributed by atoms with van der Waals surface area (Å²) in [5.41, 5.74) is 4.95. The summed E-state index contributed by atoms with van der Waals surface area (Å²) in [6.07, 6.45) is 0. The lowest BCUT2D eigenvalue weighted by molar-refractivity contribution is -0.384. The number of nitro groups is 1. The van der Waals surface area contributed by atoms with Gasteiger partial charge in [-0.1, -0.05) is 0 Å². The molecule has 0 aliphatic carbocycles. The lowest BCUT2D eigenvalue weighted by atomic mass is 10.3. The van der Waals surface area contributed by atoms with E-state index in [0.717, 1.165) is 12.1 Å². The predicted octanol–water partition coefficient (Wildman–Crippen LogP) is 1.05. The van der Waals surface area contributed by atoms with E-state index in [4.69, 9.17) is 5.73 Å². The largest absolute Gasteiger partial charge is 0.527 e. The molecule has 0 heterocycles. The van der Waals surface area contributed by atoms with Gasteiger partial charge >= 0.3 is 7.82 Å². The Kier molecular flexibility index (Phi) is 4.59. The molecule has 0 saturated heterocycles. The summed E-state index contributed by atoms with van der Waals surface area (Å²) in [4.78, 5) is 19.0. The summed E-state index contributed by atoms with van der Waals surface area (Å²) in [6, 6.07) is 4.70. The van der Waals surface area contributed by atoms with Gasteiger partial charge in [-0.2, -0.15) is 0 Å². The average molecular weight is 262 g/mol. The van der Waals surface area contributed by atoms with Gasteiger partial charge in [0.05, 0.1) is 11.5 Å². The Balaban J connectivity index is 2.68. The van der Waals surface area contributed by atoms with Crippen LogP contribution >= 0.6 is 7.82 Å². The number of nitrogens with two attached hydrogens (primary N) is 1. The SMILES string of the molecule is NCCOP(=O)(O)Oc1ccc([N+](=O)[O-])cc1. The van der Waals surface area contributed by atoms with Gasteiger partial charge in [0.15, 0.2) is 0 Å². The van der Waals surface area contributed by atoms with Crippen molar-refractivity contribution in [3.8, 4) is 5.75 Å². The van der Waals surface area contributed by atoms with Crippen LogP contribution in [-0.2, 0) is 9.09 Å². The molecule has 1 aromatic rings. The summed E-state index contributed by atoms with van der Waals surface area (Å²) in [7, 11) is -4.22. The van der Waals surface area contributed by atoms with E-state index in [1.165, 1.54) is 12.1 Å². The second-order valence-electron chi connectivity index (χ2n) is 2.93. The first-order valence-corrected chi connectivity index (χ1v) is 6.05. The highest BCUT2D eigenvalue weighted by atomic mass is 31.2. The number of hydrogen-bond donors (Lipinski definition) is 2.